The van der Waals surface area contributed by atoms with Crippen molar-refractivity contribution in [1.82, 2.24) is 4.98 Å². The van der Waals surface area contributed by atoms with E-state index in [1.54, 1.807) is 6.20 Å². The molecule has 1 aromatic carbocycles. The van der Waals surface area contributed by atoms with E-state index >= 15 is 0 Å². The Bertz CT molecular complexity index is 480. The third-order valence-electron chi connectivity index (χ3n) is 2.17. The average molecular weight is 218 g/mol. The van der Waals surface area contributed by atoms with Crippen LogP contribution in [0.15, 0.2) is 35.5 Å². The lowest BCUT2D eigenvalue weighted by atomic mass is 10.1. The fourth-order valence-corrected chi connectivity index (χ4v) is 2.49. The Morgan fingerprint density at radius 2 is 2.00 bits per heavy atom. The topological polar surface area (TPSA) is 38.9 Å². The lowest BCUT2D eigenvalue weighted by molar-refractivity contribution is 1.11. The molecule has 3 heteroatoms. The van der Waals surface area contributed by atoms with Crippen LogP contribution in [0.1, 0.15) is 13.8 Å². The van der Waals surface area contributed by atoms with E-state index in [4.69, 9.17) is 5.73 Å². The summed E-state index contributed by atoms with van der Waals surface area (Å²) < 4.78 is 0. The van der Waals surface area contributed by atoms with Gasteiger partial charge in [-0.3, -0.25) is 4.98 Å². The zero-order valence-corrected chi connectivity index (χ0v) is 9.71. The van der Waals surface area contributed by atoms with E-state index in [2.05, 4.69) is 24.9 Å². The van der Waals surface area contributed by atoms with E-state index in [0.29, 0.717) is 5.25 Å². The number of pyridine rings is 1. The van der Waals surface area contributed by atoms with Crippen LogP contribution >= 0.6 is 11.8 Å². The summed E-state index contributed by atoms with van der Waals surface area (Å²) in [6, 6.07) is 6.01. The fraction of sp³-hybridized carbons (Fsp3) is 0.250. The molecule has 0 amide bonds. The predicted octanol–water partition coefficient (Wildman–Crippen LogP) is 3.32. The molecule has 0 aliphatic rings. The summed E-state index contributed by atoms with van der Waals surface area (Å²) in [6.07, 6.45) is 3.67. The number of rotatable bonds is 2. The number of benzene rings is 1. The normalized spacial score (nSPS) is 11.1. The first-order valence-electron chi connectivity index (χ1n) is 4.97. The Hall–Kier alpha value is -1.22. The van der Waals surface area contributed by atoms with Crippen molar-refractivity contribution in [2.24, 2.45) is 0 Å². The third-order valence-corrected chi connectivity index (χ3v) is 3.26. The van der Waals surface area contributed by atoms with Crippen molar-refractivity contribution in [3.05, 3.63) is 30.6 Å². The maximum absolute atomic E-state index is 5.92. The van der Waals surface area contributed by atoms with Gasteiger partial charge in [-0.1, -0.05) is 13.8 Å². The van der Waals surface area contributed by atoms with E-state index in [0.717, 1.165) is 16.5 Å². The van der Waals surface area contributed by atoms with Crippen LogP contribution in [0.2, 0.25) is 0 Å². The van der Waals surface area contributed by atoms with Gasteiger partial charge in [0, 0.05) is 39.0 Å². The van der Waals surface area contributed by atoms with Crippen LogP contribution in [0.3, 0.4) is 0 Å². The minimum Gasteiger partial charge on any atom is -0.398 e. The van der Waals surface area contributed by atoms with Crippen molar-refractivity contribution < 1.29 is 0 Å². The molecule has 0 unspecified atom stereocenters. The molecule has 78 valence electrons. The summed E-state index contributed by atoms with van der Waals surface area (Å²) in [5.41, 5.74) is 6.74. The fourth-order valence-electron chi connectivity index (χ4n) is 1.54. The van der Waals surface area contributed by atoms with Crippen molar-refractivity contribution in [3.63, 3.8) is 0 Å². The van der Waals surface area contributed by atoms with Gasteiger partial charge in [0.25, 0.3) is 0 Å². The van der Waals surface area contributed by atoms with Gasteiger partial charge in [0.15, 0.2) is 0 Å². The van der Waals surface area contributed by atoms with Crippen LogP contribution in [0.25, 0.3) is 10.8 Å². The highest BCUT2D eigenvalue weighted by Gasteiger charge is 2.05. The van der Waals surface area contributed by atoms with E-state index < -0.39 is 0 Å². The minimum atomic E-state index is 0.567. The van der Waals surface area contributed by atoms with Crippen molar-refractivity contribution in [2.75, 3.05) is 5.73 Å². The zero-order chi connectivity index (χ0) is 10.8. The van der Waals surface area contributed by atoms with Gasteiger partial charge in [-0.25, -0.2) is 0 Å². The van der Waals surface area contributed by atoms with E-state index in [9.17, 15) is 0 Å². The molecule has 1 aromatic heterocycles. The van der Waals surface area contributed by atoms with Crippen LogP contribution in [-0.2, 0) is 0 Å². The van der Waals surface area contributed by atoms with Gasteiger partial charge < -0.3 is 5.73 Å². The van der Waals surface area contributed by atoms with Crippen LogP contribution in [0.4, 0.5) is 5.69 Å². The Morgan fingerprint density at radius 3 is 2.73 bits per heavy atom. The first-order chi connectivity index (χ1) is 7.18. The second-order valence-corrected chi connectivity index (χ2v) is 5.36. The summed E-state index contributed by atoms with van der Waals surface area (Å²) in [5.74, 6) is 0. The molecule has 2 nitrogen and oxygen atoms in total. The van der Waals surface area contributed by atoms with Crippen LogP contribution < -0.4 is 5.73 Å². The number of nitrogens with zero attached hydrogens (tertiary/aromatic N) is 1. The maximum atomic E-state index is 5.92. The molecule has 15 heavy (non-hydrogen) atoms. The minimum absolute atomic E-state index is 0.567. The summed E-state index contributed by atoms with van der Waals surface area (Å²) in [7, 11) is 0. The third kappa shape index (κ3) is 2.07. The molecule has 0 atom stereocenters. The molecule has 0 aliphatic carbocycles. The summed E-state index contributed by atoms with van der Waals surface area (Å²) in [5, 5.41) is 2.81. The lowest BCUT2D eigenvalue weighted by Crippen LogP contribution is -1.91. The number of thioether (sulfide) groups is 1. The molecule has 0 aliphatic heterocycles. The predicted molar refractivity (Wildman–Crippen MR) is 67.1 cm³/mol. The number of hydrogen-bond acceptors (Lipinski definition) is 3. The first kappa shape index (κ1) is 10.3. The number of anilines is 1. The molecule has 0 saturated carbocycles. The summed E-state index contributed by atoms with van der Waals surface area (Å²) >= 11 is 1.84. The maximum Gasteiger partial charge on any atom is 0.0395 e. The summed E-state index contributed by atoms with van der Waals surface area (Å²) in [4.78, 5) is 5.41. The molecule has 0 radical (unpaired) electrons. The Labute approximate surface area is 93.9 Å². The Morgan fingerprint density at radius 1 is 1.20 bits per heavy atom. The molecular weight excluding hydrogens is 204 g/mol. The average Bonchev–Trinajstić information content (AvgIpc) is 2.22. The number of hydrogen-bond donors (Lipinski definition) is 1. The van der Waals surface area contributed by atoms with E-state index in [1.165, 1.54) is 4.90 Å². The van der Waals surface area contributed by atoms with Gasteiger partial charge in [0.2, 0.25) is 0 Å². The van der Waals surface area contributed by atoms with E-state index in [1.807, 2.05) is 30.1 Å². The van der Waals surface area contributed by atoms with Crippen molar-refractivity contribution in [3.8, 4) is 0 Å². The quantitative estimate of drug-likeness (QED) is 0.621. The monoisotopic (exact) mass is 218 g/mol. The molecule has 2 rings (SSSR count). The van der Waals surface area contributed by atoms with Gasteiger partial charge in [0.05, 0.1) is 0 Å². The van der Waals surface area contributed by atoms with E-state index in [-0.39, 0.29) is 0 Å². The number of fused-ring (bicyclic) bond motifs is 1. The number of nitrogens with two attached hydrogens (primary N) is 1. The van der Waals surface area contributed by atoms with Crippen LogP contribution in [0, 0.1) is 0 Å². The molecule has 0 fully saturated rings. The molecular formula is C12H14N2S. The lowest BCUT2D eigenvalue weighted by Gasteiger charge is -2.09. The van der Waals surface area contributed by atoms with Crippen LogP contribution in [0.5, 0.6) is 0 Å². The molecule has 2 aromatic rings. The second-order valence-electron chi connectivity index (χ2n) is 3.74. The van der Waals surface area contributed by atoms with Gasteiger partial charge in [-0.05, 0) is 18.2 Å². The smallest absolute Gasteiger partial charge is 0.0395 e. The molecule has 0 saturated heterocycles. The van der Waals surface area contributed by atoms with Crippen molar-refractivity contribution >= 4 is 28.2 Å². The Balaban J connectivity index is 2.61. The zero-order valence-electron chi connectivity index (χ0n) is 8.90. The highest BCUT2D eigenvalue weighted by atomic mass is 32.2. The standard InChI is InChI=1S/C12H14N2S/c1-8(2)15-12-4-3-11(13)9-5-6-14-7-10(9)12/h3-8H,13H2,1-2H3. The Kier molecular flexibility index (Phi) is 2.82. The van der Waals surface area contributed by atoms with Crippen LogP contribution in [-0.4, -0.2) is 10.2 Å². The molecule has 0 bridgehead atoms. The van der Waals surface area contributed by atoms with Gasteiger partial charge >= 0.3 is 0 Å². The van der Waals surface area contributed by atoms with Gasteiger partial charge in [-0.2, -0.15) is 0 Å². The summed E-state index contributed by atoms with van der Waals surface area (Å²) in [6.45, 7) is 4.37. The highest BCUT2D eigenvalue weighted by molar-refractivity contribution is 8.00. The first-order valence-corrected chi connectivity index (χ1v) is 5.85. The van der Waals surface area contributed by atoms with Crippen molar-refractivity contribution in [2.45, 2.75) is 24.0 Å². The largest absolute Gasteiger partial charge is 0.398 e. The molecule has 2 N–H and O–H groups in total. The van der Waals surface area contributed by atoms with Crippen molar-refractivity contribution in [1.29, 1.82) is 0 Å². The van der Waals surface area contributed by atoms with Gasteiger partial charge in [0.1, 0.15) is 0 Å². The highest BCUT2D eigenvalue weighted by Crippen LogP contribution is 2.32. The second kappa shape index (κ2) is 4.11. The van der Waals surface area contributed by atoms with Gasteiger partial charge in [-0.15, -0.1) is 11.8 Å². The number of aromatic nitrogens is 1. The molecule has 0 spiro atoms. The number of nitrogen functional groups attached to an aromatic ring is 1. The SMILES string of the molecule is CC(C)Sc1ccc(N)c2ccncc12. The molecule has 1 heterocycles.